The molecule has 0 bridgehead atoms. The number of aliphatic hydroxyl groups is 2. The van der Waals surface area contributed by atoms with E-state index in [1.54, 1.807) is 30.3 Å². The lowest BCUT2D eigenvalue weighted by Crippen LogP contribution is -2.26. The van der Waals surface area contributed by atoms with E-state index >= 15 is 0 Å². The highest BCUT2D eigenvalue weighted by Gasteiger charge is 2.11. The minimum Gasteiger partial charge on any atom is -0.413 e. The molecule has 1 rings (SSSR count). The number of rotatable bonds is 12. The average molecular weight is 356 g/mol. The second-order valence-electron chi connectivity index (χ2n) is 5.65. The van der Waals surface area contributed by atoms with Gasteiger partial charge in [0.15, 0.2) is 0 Å². The molecule has 1 heterocycles. The van der Waals surface area contributed by atoms with Gasteiger partial charge in [-0.3, -0.25) is 4.79 Å². The van der Waals surface area contributed by atoms with Gasteiger partial charge in [0.1, 0.15) is 11.2 Å². The van der Waals surface area contributed by atoms with Gasteiger partial charge in [0, 0.05) is 44.6 Å². The largest absolute Gasteiger partial charge is 0.413 e. The number of amides is 1. The van der Waals surface area contributed by atoms with Crippen LogP contribution in [0.1, 0.15) is 44.9 Å². The molecule has 24 heavy (non-hydrogen) atoms. The van der Waals surface area contributed by atoms with Crippen LogP contribution in [0.4, 0.5) is 5.69 Å². The van der Waals surface area contributed by atoms with E-state index in [1.807, 2.05) is 0 Å². The number of hydrogen-bond donors (Lipinski definition) is 2. The van der Waals surface area contributed by atoms with Crippen LogP contribution in [0.25, 0.3) is 0 Å². The molecular weight excluding hydrogens is 328 g/mol. The van der Waals surface area contributed by atoms with Gasteiger partial charge in [-0.05, 0) is 38.2 Å². The number of carbonyl (C=O) groups is 1. The molecular formula is C17H28N2O4S. The predicted molar refractivity (Wildman–Crippen MR) is 96.6 cm³/mol. The molecule has 0 radical (unpaired) electrons. The van der Waals surface area contributed by atoms with Gasteiger partial charge < -0.3 is 20.0 Å². The minimum absolute atomic E-state index is 0.000372. The Labute approximate surface area is 148 Å². The zero-order valence-electron chi connectivity index (χ0n) is 14.3. The van der Waals surface area contributed by atoms with Crippen molar-refractivity contribution in [2.45, 2.75) is 44.9 Å². The Morgan fingerprint density at radius 2 is 1.83 bits per heavy atom. The summed E-state index contributed by atoms with van der Waals surface area (Å²) in [4.78, 5) is 19.3. The highest BCUT2D eigenvalue weighted by atomic mass is 32.1. The zero-order chi connectivity index (χ0) is 17.8. The molecule has 1 aromatic heterocycles. The molecule has 1 aromatic rings. The zero-order valence-corrected chi connectivity index (χ0v) is 15.1. The summed E-state index contributed by atoms with van der Waals surface area (Å²) < 4.78 is 2.05. The summed E-state index contributed by atoms with van der Waals surface area (Å²) >= 11 is 5.31. The van der Waals surface area contributed by atoms with Crippen LogP contribution >= 0.6 is 12.2 Å². The van der Waals surface area contributed by atoms with Crippen molar-refractivity contribution < 1.29 is 19.8 Å². The standard InChI is InChI=1S/C17H28N2O4S/c1-18(16(22)8-4-6-12-21)15-9-10-19(17(24)14-15)23-13-7-3-2-5-11-20/h9-10,14,20-21H,2-8,11-13H2,1H3. The van der Waals surface area contributed by atoms with Crippen LogP contribution in [0.15, 0.2) is 18.3 Å². The molecule has 0 saturated heterocycles. The number of aromatic nitrogens is 1. The molecule has 136 valence electrons. The molecule has 0 saturated carbocycles. The van der Waals surface area contributed by atoms with Crippen LogP contribution in [0.5, 0.6) is 0 Å². The normalized spacial score (nSPS) is 10.6. The maximum atomic E-state index is 12.1. The first-order valence-corrected chi connectivity index (χ1v) is 8.85. The van der Waals surface area contributed by atoms with Gasteiger partial charge in [-0.2, -0.15) is 4.73 Å². The molecule has 0 aliphatic carbocycles. The number of carbonyl (C=O) groups excluding carboxylic acids is 1. The van der Waals surface area contributed by atoms with E-state index in [-0.39, 0.29) is 19.1 Å². The maximum absolute atomic E-state index is 12.1. The number of aliphatic hydroxyl groups excluding tert-OH is 2. The van der Waals surface area contributed by atoms with Crippen LogP contribution < -0.4 is 9.74 Å². The van der Waals surface area contributed by atoms with Crippen molar-refractivity contribution in [2.24, 2.45) is 0 Å². The molecule has 2 N–H and O–H groups in total. The minimum atomic E-state index is 0.000372. The summed E-state index contributed by atoms with van der Waals surface area (Å²) in [5.74, 6) is 0.000372. The molecule has 0 spiro atoms. The number of nitrogens with zero attached hydrogens (tertiary/aromatic N) is 2. The van der Waals surface area contributed by atoms with Crippen LogP contribution in [-0.2, 0) is 4.79 Å². The van der Waals surface area contributed by atoms with E-state index in [0.29, 0.717) is 30.5 Å². The van der Waals surface area contributed by atoms with Crippen LogP contribution in [0.3, 0.4) is 0 Å². The van der Waals surface area contributed by atoms with E-state index in [1.165, 1.54) is 4.73 Å². The average Bonchev–Trinajstić information content (AvgIpc) is 2.58. The number of unbranched alkanes of at least 4 members (excludes halogenated alkanes) is 4. The summed E-state index contributed by atoms with van der Waals surface area (Å²) in [5.41, 5.74) is 0.733. The van der Waals surface area contributed by atoms with E-state index in [9.17, 15) is 4.79 Å². The fraction of sp³-hybridized carbons (Fsp3) is 0.647. The third kappa shape index (κ3) is 7.42. The Balaban J connectivity index is 2.48. The second kappa shape index (κ2) is 12.0. The fourth-order valence-electron chi connectivity index (χ4n) is 2.20. The van der Waals surface area contributed by atoms with Gasteiger partial charge in [0.25, 0.3) is 0 Å². The third-order valence-electron chi connectivity index (χ3n) is 3.71. The maximum Gasteiger partial charge on any atom is 0.226 e. The first kappa shape index (κ1) is 20.6. The van der Waals surface area contributed by atoms with Gasteiger partial charge in [0.2, 0.25) is 5.91 Å². The molecule has 0 aliphatic heterocycles. The second-order valence-corrected chi connectivity index (χ2v) is 6.07. The Morgan fingerprint density at radius 3 is 2.50 bits per heavy atom. The van der Waals surface area contributed by atoms with E-state index < -0.39 is 0 Å². The van der Waals surface area contributed by atoms with Crippen molar-refractivity contribution in [3.05, 3.63) is 23.0 Å². The van der Waals surface area contributed by atoms with Gasteiger partial charge in [-0.15, -0.1) is 0 Å². The predicted octanol–water partition coefficient (Wildman–Crippen LogP) is 2.32. The van der Waals surface area contributed by atoms with Crippen molar-refractivity contribution in [1.82, 2.24) is 4.73 Å². The molecule has 6 nitrogen and oxygen atoms in total. The first-order chi connectivity index (χ1) is 11.6. The lowest BCUT2D eigenvalue weighted by molar-refractivity contribution is -0.118. The van der Waals surface area contributed by atoms with Crippen LogP contribution in [-0.4, -0.2) is 47.7 Å². The van der Waals surface area contributed by atoms with E-state index in [4.69, 9.17) is 27.3 Å². The van der Waals surface area contributed by atoms with Gasteiger partial charge in [-0.1, -0.05) is 18.6 Å². The van der Waals surface area contributed by atoms with Crippen molar-refractivity contribution in [3.63, 3.8) is 0 Å². The molecule has 7 heteroatoms. The molecule has 0 atom stereocenters. The fourth-order valence-corrected chi connectivity index (χ4v) is 2.44. The molecule has 0 aromatic carbocycles. The summed E-state index contributed by atoms with van der Waals surface area (Å²) in [7, 11) is 1.72. The molecule has 0 aliphatic rings. The lowest BCUT2D eigenvalue weighted by Gasteiger charge is -2.18. The van der Waals surface area contributed by atoms with Crippen LogP contribution in [0, 0.1) is 4.64 Å². The summed E-state index contributed by atoms with van der Waals surface area (Å²) in [6, 6.07) is 3.54. The SMILES string of the molecule is CN(C(=O)CCCCO)c1ccn(OCCCCCCO)c(=S)c1. The van der Waals surface area contributed by atoms with Crippen molar-refractivity contribution >= 4 is 23.8 Å². The first-order valence-electron chi connectivity index (χ1n) is 8.44. The lowest BCUT2D eigenvalue weighted by atomic mass is 10.2. The van der Waals surface area contributed by atoms with Crippen molar-refractivity contribution in [1.29, 1.82) is 0 Å². The number of anilines is 1. The van der Waals surface area contributed by atoms with Gasteiger partial charge in [-0.25, -0.2) is 0 Å². The molecule has 0 fully saturated rings. The van der Waals surface area contributed by atoms with Crippen LogP contribution in [0.2, 0.25) is 0 Å². The quantitative estimate of drug-likeness (QED) is 0.444. The Morgan fingerprint density at radius 1 is 1.17 bits per heavy atom. The number of pyridine rings is 1. The summed E-state index contributed by atoms with van der Waals surface area (Å²) in [6.45, 7) is 0.907. The Hall–Kier alpha value is -1.44. The topological polar surface area (TPSA) is 74.9 Å². The highest BCUT2D eigenvalue weighted by Crippen LogP contribution is 2.14. The smallest absolute Gasteiger partial charge is 0.226 e. The van der Waals surface area contributed by atoms with E-state index in [0.717, 1.165) is 31.4 Å². The van der Waals surface area contributed by atoms with Crippen molar-refractivity contribution in [3.8, 4) is 0 Å². The van der Waals surface area contributed by atoms with Crippen molar-refractivity contribution in [2.75, 3.05) is 31.8 Å². The monoisotopic (exact) mass is 356 g/mol. The molecule has 1 amide bonds. The Bertz CT molecular complexity index is 548. The van der Waals surface area contributed by atoms with Gasteiger partial charge in [0.05, 0.1) is 0 Å². The highest BCUT2D eigenvalue weighted by molar-refractivity contribution is 7.71. The summed E-state index contributed by atoms with van der Waals surface area (Å²) in [6.07, 6.45) is 7.18. The van der Waals surface area contributed by atoms with Gasteiger partial charge >= 0.3 is 0 Å². The third-order valence-corrected chi connectivity index (χ3v) is 4.01. The number of hydrogen-bond acceptors (Lipinski definition) is 5. The van der Waals surface area contributed by atoms with E-state index in [2.05, 4.69) is 0 Å². The summed E-state index contributed by atoms with van der Waals surface area (Å²) in [5, 5.41) is 17.5. The molecule has 0 unspecified atom stereocenters. The Kier molecular flexibility index (Phi) is 10.3.